The van der Waals surface area contributed by atoms with Gasteiger partial charge in [-0.3, -0.25) is 0 Å². The minimum atomic E-state index is -1.05. The molecule has 0 saturated carbocycles. The minimum Gasteiger partial charge on any atom is -0.493 e. The number of benzene rings is 1. The van der Waals surface area contributed by atoms with Gasteiger partial charge in [0.15, 0.2) is 0 Å². The molecule has 0 aromatic heterocycles. The lowest BCUT2D eigenvalue weighted by molar-refractivity contribution is 0.182. The van der Waals surface area contributed by atoms with Crippen LogP contribution in [0.5, 0.6) is 5.75 Å². The highest BCUT2D eigenvalue weighted by Crippen LogP contribution is 2.32. The highest BCUT2D eigenvalue weighted by Gasteiger charge is 2.22. The lowest BCUT2D eigenvalue weighted by Gasteiger charge is -2.25. The van der Waals surface area contributed by atoms with Gasteiger partial charge >= 0.3 is 6.09 Å². The van der Waals surface area contributed by atoms with Crippen molar-refractivity contribution in [2.75, 3.05) is 6.61 Å². The zero-order valence-corrected chi connectivity index (χ0v) is 8.43. The molecule has 5 nitrogen and oxygen atoms in total. The van der Waals surface area contributed by atoms with Crippen LogP contribution in [0.4, 0.5) is 4.79 Å². The summed E-state index contributed by atoms with van der Waals surface area (Å²) in [6.45, 7) is 0.451. The van der Waals surface area contributed by atoms with Crippen LogP contribution in [0.2, 0.25) is 0 Å². The maximum absolute atomic E-state index is 10.6. The Kier molecular flexibility index (Phi) is 2.64. The Bertz CT molecular complexity index is 465. The quantitative estimate of drug-likeness (QED) is 0.750. The first-order valence-corrected chi connectivity index (χ1v) is 4.87. The fourth-order valence-corrected chi connectivity index (χ4v) is 1.76. The van der Waals surface area contributed by atoms with Crippen molar-refractivity contribution in [3.63, 3.8) is 0 Å². The third kappa shape index (κ3) is 1.91. The van der Waals surface area contributed by atoms with Crippen LogP contribution < -0.4 is 10.1 Å². The molecule has 1 aromatic carbocycles. The zero-order valence-electron chi connectivity index (χ0n) is 8.43. The number of amides is 1. The van der Waals surface area contributed by atoms with Crippen molar-refractivity contribution < 1.29 is 14.6 Å². The third-order valence-corrected chi connectivity index (χ3v) is 2.48. The molecule has 1 aromatic rings. The number of hydrogen-bond donors (Lipinski definition) is 2. The lowest BCUT2D eigenvalue weighted by atomic mass is 9.99. The fourth-order valence-electron chi connectivity index (χ4n) is 1.76. The lowest BCUT2D eigenvalue weighted by Crippen LogP contribution is -2.30. The molecule has 16 heavy (non-hydrogen) atoms. The van der Waals surface area contributed by atoms with Gasteiger partial charge in [-0.15, -0.1) is 0 Å². The van der Waals surface area contributed by atoms with Crippen LogP contribution in [0, 0.1) is 11.3 Å². The van der Waals surface area contributed by atoms with E-state index in [4.69, 9.17) is 15.1 Å². The first-order valence-electron chi connectivity index (χ1n) is 4.87. The average Bonchev–Trinajstić information content (AvgIpc) is 2.28. The van der Waals surface area contributed by atoms with E-state index in [0.29, 0.717) is 24.3 Å². The predicted molar refractivity (Wildman–Crippen MR) is 55.2 cm³/mol. The number of carboxylic acid groups (broad SMARTS) is 1. The Morgan fingerprint density at radius 1 is 1.62 bits per heavy atom. The Labute approximate surface area is 92.3 Å². The molecule has 1 heterocycles. The maximum atomic E-state index is 10.6. The highest BCUT2D eigenvalue weighted by molar-refractivity contribution is 5.65. The van der Waals surface area contributed by atoms with Crippen LogP contribution in [-0.4, -0.2) is 17.8 Å². The Balaban J connectivity index is 2.33. The standard InChI is InChI=1S/C11H10N2O3/c12-6-7-1-2-8-9(13-11(14)15)3-4-16-10(8)5-7/h1-2,5,9,13H,3-4H2,(H,14,15). The number of fused-ring (bicyclic) bond motifs is 1. The number of nitriles is 1. The Hall–Kier alpha value is -2.22. The first kappa shape index (κ1) is 10.3. The van der Waals surface area contributed by atoms with E-state index in [-0.39, 0.29) is 6.04 Å². The number of nitrogens with zero attached hydrogens (tertiary/aromatic N) is 1. The maximum Gasteiger partial charge on any atom is 0.405 e. The number of rotatable bonds is 1. The van der Waals surface area contributed by atoms with Crippen molar-refractivity contribution in [3.05, 3.63) is 29.3 Å². The number of nitrogens with one attached hydrogen (secondary N) is 1. The molecule has 1 unspecified atom stereocenters. The van der Waals surface area contributed by atoms with Crippen LogP contribution in [0.25, 0.3) is 0 Å². The van der Waals surface area contributed by atoms with E-state index < -0.39 is 6.09 Å². The molecule has 1 atom stereocenters. The molecule has 82 valence electrons. The van der Waals surface area contributed by atoms with E-state index in [1.165, 1.54) is 0 Å². The molecular weight excluding hydrogens is 208 g/mol. The smallest absolute Gasteiger partial charge is 0.405 e. The molecule has 0 aliphatic carbocycles. The van der Waals surface area contributed by atoms with Gasteiger partial charge in [0.25, 0.3) is 0 Å². The van der Waals surface area contributed by atoms with Crippen LogP contribution in [0.15, 0.2) is 18.2 Å². The van der Waals surface area contributed by atoms with Crippen molar-refractivity contribution >= 4 is 6.09 Å². The van der Waals surface area contributed by atoms with Gasteiger partial charge in [0.1, 0.15) is 5.75 Å². The number of ether oxygens (including phenoxy) is 1. The van der Waals surface area contributed by atoms with Gasteiger partial charge in [0, 0.05) is 12.0 Å². The van der Waals surface area contributed by atoms with Gasteiger partial charge in [0.2, 0.25) is 0 Å². The first-order chi connectivity index (χ1) is 7.70. The second kappa shape index (κ2) is 4.11. The number of carbonyl (C=O) groups is 1. The molecule has 1 amide bonds. The van der Waals surface area contributed by atoms with Crippen LogP contribution in [0.3, 0.4) is 0 Å². The highest BCUT2D eigenvalue weighted by atomic mass is 16.5. The van der Waals surface area contributed by atoms with E-state index in [1.54, 1.807) is 18.2 Å². The van der Waals surface area contributed by atoms with Crippen molar-refractivity contribution in [1.82, 2.24) is 5.32 Å². The average molecular weight is 218 g/mol. The Morgan fingerprint density at radius 2 is 2.44 bits per heavy atom. The van der Waals surface area contributed by atoms with E-state index in [1.807, 2.05) is 6.07 Å². The summed E-state index contributed by atoms with van der Waals surface area (Å²) in [4.78, 5) is 10.6. The van der Waals surface area contributed by atoms with Gasteiger partial charge in [-0.25, -0.2) is 4.79 Å². The van der Waals surface area contributed by atoms with Gasteiger partial charge in [-0.2, -0.15) is 5.26 Å². The topological polar surface area (TPSA) is 82.3 Å². The van der Waals surface area contributed by atoms with Gasteiger partial charge in [-0.1, -0.05) is 6.07 Å². The summed E-state index contributed by atoms with van der Waals surface area (Å²) in [6, 6.07) is 6.78. The molecule has 0 radical (unpaired) electrons. The van der Waals surface area contributed by atoms with Crippen molar-refractivity contribution in [1.29, 1.82) is 5.26 Å². The van der Waals surface area contributed by atoms with E-state index >= 15 is 0 Å². The summed E-state index contributed by atoms with van der Waals surface area (Å²) in [6.07, 6.45) is -0.451. The molecule has 0 saturated heterocycles. The monoisotopic (exact) mass is 218 g/mol. The van der Waals surface area contributed by atoms with Crippen LogP contribution in [0.1, 0.15) is 23.6 Å². The summed E-state index contributed by atoms with van der Waals surface area (Å²) < 4.78 is 5.39. The SMILES string of the molecule is N#Cc1ccc2c(c1)OCCC2NC(=O)O. The number of hydrogen-bond acceptors (Lipinski definition) is 3. The minimum absolute atomic E-state index is 0.256. The zero-order chi connectivity index (χ0) is 11.5. The summed E-state index contributed by atoms with van der Waals surface area (Å²) in [7, 11) is 0. The molecule has 0 bridgehead atoms. The second-order valence-electron chi connectivity index (χ2n) is 3.50. The van der Waals surface area contributed by atoms with E-state index in [0.717, 1.165) is 5.56 Å². The molecule has 1 aliphatic rings. The largest absolute Gasteiger partial charge is 0.493 e. The van der Waals surface area contributed by atoms with E-state index in [9.17, 15) is 4.79 Å². The van der Waals surface area contributed by atoms with Crippen LogP contribution in [-0.2, 0) is 0 Å². The summed E-state index contributed by atoms with van der Waals surface area (Å²) >= 11 is 0. The molecule has 5 heteroatoms. The molecule has 2 rings (SSSR count). The van der Waals surface area contributed by atoms with Crippen LogP contribution >= 0.6 is 0 Å². The Morgan fingerprint density at radius 3 is 3.12 bits per heavy atom. The summed E-state index contributed by atoms with van der Waals surface area (Å²) in [5.74, 6) is 0.587. The molecule has 0 fully saturated rings. The van der Waals surface area contributed by atoms with Crippen molar-refractivity contribution in [2.45, 2.75) is 12.5 Å². The van der Waals surface area contributed by atoms with Gasteiger partial charge in [-0.05, 0) is 12.1 Å². The van der Waals surface area contributed by atoms with Crippen molar-refractivity contribution in [3.8, 4) is 11.8 Å². The van der Waals surface area contributed by atoms with Crippen molar-refractivity contribution in [2.24, 2.45) is 0 Å². The molecular formula is C11H10N2O3. The normalized spacial score (nSPS) is 17.8. The molecule has 1 aliphatic heterocycles. The molecule has 0 spiro atoms. The predicted octanol–water partition coefficient (Wildman–Crippen LogP) is 1.65. The van der Waals surface area contributed by atoms with Gasteiger partial charge < -0.3 is 15.2 Å². The summed E-state index contributed by atoms with van der Waals surface area (Å²) in [5, 5.41) is 19.9. The second-order valence-corrected chi connectivity index (χ2v) is 3.50. The molecule has 2 N–H and O–H groups in total. The fraction of sp³-hybridized carbons (Fsp3) is 0.273. The van der Waals surface area contributed by atoms with E-state index in [2.05, 4.69) is 5.32 Å². The van der Waals surface area contributed by atoms with Gasteiger partial charge in [0.05, 0.1) is 24.3 Å². The summed E-state index contributed by atoms with van der Waals surface area (Å²) in [5.41, 5.74) is 1.29. The third-order valence-electron chi connectivity index (χ3n) is 2.48.